The van der Waals surface area contributed by atoms with E-state index in [0.29, 0.717) is 0 Å². The SMILES string of the molecule is Cc1cnc([C@@H](O)CC(=O)O)cn1. The van der Waals surface area contributed by atoms with E-state index in [2.05, 4.69) is 9.97 Å². The molecule has 1 atom stereocenters. The number of nitrogens with zero attached hydrogens (tertiary/aromatic N) is 2. The number of carbonyl (C=O) groups is 1. The number of rotatable bonds is 3. The molecule has 1 heterocycles. The van der Waals surface area contributed by atoms with Crippen molar-refractivity contribution in [3.05, 3.63) is 23.8 Å². The maximum Gasteiger partial charge on any atom is 0.306 e. The molecule has 0 aliphatic heterocycles. The molecule has 0 bridgehead atoms. The van der Waals surface area contributed by atoms with Gasteiger partial charge in [-0.25, -0.2) is 0 Å². The summed E-state index contributed by atoms with van der Waals surface area (Å²) in [6, 6.07) is 0. The zero-order chi connectivity index (χ0) is 9.84. The second kappa shape index (κ2) is 3.95. The third-order valence-corrected chi connectivity index (χ3v) is 1.51. The number of aryl methyl sites for hydroxylation is 1. The average molecular weight is 182 g/mol. The van der Waals surface area contributed by atoms with E-state index in [1.54, 1.807) is 6.92 Å². The van der Waals surface area contributed by atoms with Gasteiger partial charge in [-0.05, 0) is 6.92 Å². The lowest BCUT2D eigenvalue weighted by Gasteiger charge is -2.05. The van der Waals surface area contributed by atoms with Crippen molar-refractivity contribution in [1.82, 2.24) is 9.97 Å². The van der Waals surface area contributed by atoms with Crippen molar-refractivity contribution in [1.29, 1.82) is 0 Å². The number of carboxylic acid groups (broad SMARTS) is 1. The molecule has 13 heavy (non-hydrogen) atoms. The van der Waals surface area contributed by atoms with Gasteiger partial charge in [0.2, 0.25) is 0 Å². The minimum Gasteiger partial charge on any atom is -0.481 e. The van der Waals surface area contributed by atoms with Gasteiger partial charge in [-0.3, -0.25) is 14.8 Å². The quantitative estimate of drug-likeness (QED) is 0.702. The Balaban J connectivity index is 2.71. The van der Waals surface area contributed by atoms with Gasteiger partial charge in [0.15, 0.2) is 0 Å². The molecule has 0 amide bonds. The molecule has 2 N–H and O–H groups in total. The smallest absolute Gasteiger partial charge is 0.306 e. The largest absolute Gasteiger partial charge is 0.481 e. The van der Waals surface area contributed by atoms with E-state index in [4.69, 9.17) is 5.11 Å². The summed E-state index contributed by atoms with van der Waals surface area (Å²) < 4.78 is 0. The van der Waals surface area contributed by atoms with Crippen LogP contribution in [0.25, 0.3) is 0 Å². The van der Waals surface area contributed by atoms with Crippen molar-refractivity contribution >= 4 is 5.97 Å². The maximum absolute atomic E-state index is 10.2. The number of aromatic nitrogens is 2. The zero-order valence-corrected chi connectivity index (χ0v) is 7.14. The van der Waals surface area contributed by atoms with Crippen LogP contribution in [0.5, 0.6) is 0 Å². The molecule has 5 nitrogen and oxygen atoms in total. The van der Waals surface area contributed by atoms with Gasteiger partial charge in [-0.15, -0.1) is 0 Å². The molecule has 1 aromatic rings. The highest BCUT2D eigenvalue weighted by Crippen LogP contribution is 2.12. The zero-order valence-electron chi connectivity index (χ0n) is 7.14. The van der Waals surface area contributed by atoms with Gasteiger partial charge in [0.25, 0.3) is 0 Å². The van der Waals surface area contributed by atoms with Crippen LogP contribution in [0.2, 0.25) is 0 Å². The van der Waals surface area contributed by atoms with Crippen molar-refractivity contribution in [3.8, 4) is 0 Å². The topological polar surface area (TPSA) is 83.3 Å². The van der Waals surface area contributed by atoms with Crippen molar-refractivity contribution < 1.29 is 15.0 Å². The Morgan fingerprint density at radius 3 is 2.69 bits per heavy atom. The Morgan fingerprint density at radius 1 is 1.54 bits per heavy atom. The molecule has 5 heteroatoms. The first-order valence-corrected chi connectivity index (χ1v) is 3.78. The number of hydrogen-bond acceptors (Lipinski definition) is 4. The Kier molecular flexibility index (Phi) is 2.92. The lowest BCUT2D eigenvalue weighted by molar-refractivity contribution is -0.139. The third kappa shape index (κ3) is 2.79. The molecule has 0 spiro atoms. The molecule has 70 valence electrons. The van der Waals surface area contributed by atoms with Gasteiger partial charge in [0.1, 0.15) is 6.10 Å². The maximum atomic E-state index is 10.2. The summed E-state index contributed by atoms with van der Waals surface area (Å²) in [7, 11) is 0. The lowest BCUT2D eigenvalue weighted by atomic mass is 10.2. The van der Waals surface area contributed by atoms with Gasteiger partial charge in [-0.1, -0.05) is 0 Å². The summed E-state index contributed by atoms with van der Waals surface area (Å²) in [5, 5.41) is 17.7. The molecule has 1 rings (SSSR count). The molecule has 0 saturated heterocycles. The van der Waals surface area contributed by atoms with Crippen LogP contribution in [-0.4, -0.2) is 26.2 Å². The Labute approximate surface area is 75.1 Å². The summed E-state index contributed by atoms with van der Waals surface area (Å²) in [5.74, 6) is -1.06. The minimum atomic E-state index is -1.08. The molecule has 0 aliphatic carbocycles. The summed E-state index contributed by atoms with van der Waals surface area (Å²) in [4.78, 5) is 18.0. The van der Waals surface area contributed by atoms with Crippen LogP contribution >= 0.6 is 0 Å². The van der Waals surface area contributed by atoms with Gasteiger partial charge < -0.3 is 10.2 Å². The van der Waals surface area contributed by atoms with Crippen molar-refractivity contribution in [2.45, 2.75) is 19.4 Å². The minimum absolute atomic E-state index is 0.285. The van der Waals surface area contributed by atoms with E-state index in [1.807, 2.05) is 0 Å². The van der Waals surface area contributed by atoms with Crippen LogP contribution in [0.1, 0.15) is 23.9 Å². The van der Waals surface area contributed by atoms with Crippen LogP contribution in [0.3, 0.4) is 0 Å². The van der Waals surface area contributed by atoms with E-state index < -0.39 is 12.1 Å². The van der Waals surface area contributed by atoms with Crippen LogP contribution in [0.4, 0.5) is 0 Å². The fraction of sp³-hybridized carbons (Fsp3) is 0.375. The van der Waals surface area contributed by atoms with Crippen molar-refractivity contribution in [2.75, 3.05) is 0 Å². The number of hydrogen-bond donors (Lipinski definition) is 2. The number of aliphatic carboxylic acids is 1. The number of aliphatic hydroxyl groups is 1. The van der Waals surface area contributed by atoms with Gasteiger partial charge >= 0.3 is 5.97 Å². The normalized spacial score (nSPS) is 12.5. The third-order valence-electron chi connectivity index (χ3n) is 1.51. The van der Waals surface area contributed by atoms with E-state index in [9.17, 15) is 9.90 Å². The molecular formula is C8H10N2O3. The van der Waals surface area contributed by atoms with Crippen LogP contribution in [0.15, 0.2) is 12.4 Å². The second-order valence-corrected chi connectivity index (χ2v) is 2.70. The number of carboxylic acids is 1. The first kappa shape index (κ1) is 9.60. The van der Waals surface area contributed by atoms with E-state index >= 15 is 0 Å². The highest BCUT2D eigenvalue weighted by Gasteiger charge is 2.13. The molecule has 0 radical (unpaired) electrons. The Bertz CT molecular complexity index is 297. The van der Waals surface area contributed by atoms with Gasteiger partial charge in [0.05, 0.1) is 24.0 Å². The Hall–Kier alpha value is -1.49. The van der Waals surface area contributed by atoms with Gasteiger partial charge in [0, 0.05) is 6.20 Å². The van der Waals surface area contributed by atoms with Crippen LogP contribution < -0.4 is 0 Å². The first-order chi connectivity index (χ1) is 6.09. The molecular weight excluding hydrogens is 172 g/mol. The molecule has 0 fully saturated rings. The van der Waals surface area contributed by atoms with E-state index in [1.165, 1.54) is 12.4 Å². The molecule has 0 unspecified atom stereocenters. The highest BCUT2D eigenvalue weighted by molar-refractivity contribution is 5.67. The molecule has 1 aromatic heterocycles. The van der Waals surface area contributed by atoms with Gasteiger partial charge in [-0.2, -0.15) is 0 Å². The van der Waals surface area contributed by atoms with Crippen LogP contribution in [0, 0.1) is 6.92 Å². The van der Waals surface area contributed by atoms with Crippen molar-refractivity contribution in [3.63, 3.8) is 0 Å². The van der Waals surface area contributed by atoms with Crippen molar-refractivity contribution in [2.24, 2.45) is 0 Å². The predicted octanol–water partition coefficient (Wildman–Crippen LogP) is 0.293. The fourth-order valence-electron chi connectivity index (χ4n) is 0.845. The second-order valence-electron chi connectivity index (χ2n) is 2.70. The lowest BCUT2D eigenvalue weighted by Crippen LogP contribution is -2.07. The molecule has 0 aromatic carbocycles. The summed E-state index contributed by atoms with van der Waals surface area (Å²) in [5.41, 5.74) is 1.01. The average Bonchev–Trinajstić information content (AvgIpc) is 2.04. The number of aliphatic hydroxyl groups excluding tert-OH is 1. The summed E-state index contributed by atoms with van der Waals surface area (Å²) in [6.07, 6.45) is 1.44. The predicted molar refractivity (Wildman–Crippen MR) is 44.0 cm³/mol. The fourth-order valence-corrected chi connectivity index (χ4v) is 0.845. The molecule has 0 aliphatic rings. The summed E-state index contributed by atoms with van der Waals surface area (Å²) in [6.45, 7) is 1.76. The van der Waals surface area contributed by atoms with E-state index in [0.717, 1.165) is 5.69 Å². The Morgan fingerprint density at radius 2 is 2.23 bits per heavy atom. The molecule has 0 saturated carbocycles. The first-order valence-electron chi connectivity index (χ1n) is 3.78. The highest BCUT2D eigenvalue weighted by atomic mass is 16.4. The summed E-state index contributed by atoms with van der Waals surface area (Å²) >= 11 is 0. The monoisotopic (exact) mass is 182 g/mol. The van der Waals surface area contributed by atoms with Crippen LogP contribution in [-0.2, 0) is 4.79 Å². The standard InChI is InChI=1S/C8H10N2O3/c1-5-3-10-6(4-9-5)7(11)2-8(12)13/h3-4,7,11H,2H2,1H3,(H,12,13)/t7-/m0/s1. The van der Waals surface area contributed by atoms with E-state index in [-0.39, 0.29) is 12.1 Å².